The number of pyridine rings is 2. The van der Waals surface area contributed by atoms with Crippen LogP contribution in [0.2, 0.25) is 0 Å². The van der Waals surface area contributed by atoms with Gasteiger partial charge in [-0.3, -0.25) is 9.88 Å². The number of ether oxygens (including phenoxy) is 1. The van der Waals surface area contributed by atoms with Gasteiger partial charge in [0.05, 0.1) is 12.1 Å². The molecule has 2 N–H and O–H groups in total. The maximum atomic E-state index is 10.6. The van der Waals surface area contributed by atoms with Gasteiger partial charge in [0.15, 0.2) is 0 Å². The molecule has 1 unspecified atom stereocenters. The SMILES string of the molecule is Cc1cc(C)cc(CN2CCOC(c3nnn4cc(-c5ccncc5)ccc34)C2)c1.O=C(O)C(F)(F)F.O=C(O)C(F)(F)F. The van der Waals surface area contributed by atoms with Crippen molar-refractivity contribution in [1.82, 2.24) is 24.7 Å². The van der Waals surface area contributed by atoms with Crippen LogP contribution in [-0.2, 0) is 20.9 Å². The maximum absolute atomic E-state index is 10.6. The Morgan fingerprint density at radius 3 is 2.02 bits per heavy atom. The number of halogens is 6. The zero-order chi connectivity index (χ0) is 32.7. The third-order valence-electron chi connectivity index (χ3n) is 6.08. The molecule has 4 heterocycles. The van der Waals surface area contributed by atoms with Gasteiger partial charge >= 0.3 is 24.3 Å². The maximum Gasteiger partial charge on any atom is 0.490 e. The molecule has 1 aliphatic heterocycles. The normalized spacial score (nSPS) is 15.5. The summed E-state index contributed by atoms with van der Waals surface area (Å²) >= 11 is 0. The van der Waals surface area contributed by atoms with Crippen LogP contribution in [0.1, 0.15) is 28.5 Å². The van der Waals surface area contributed by atoms with E-state index in [1.54, 1.807) is 12.4 Å². The van der Waals surface area contributed by atoms with Gasteiger partial charge in [0.1, 0.15) is 11.8 Å². The van der Waals surface area contributed by atoms with E-state index in [2.05, 4.69) is 64.4 Å². The lowest BCUT2D eigenvalue weighted by atomic mass is 10.1. The summed E-state index contributed by atoms with van der Waals surface area (Å²) in [6.45, 7) is 7.67. The van der Waals surface area contributed by atoms with Gasteiger partial charge < -0.3 is 14.9 Å². The molecule has 1 aromatic carbocycles. The minimum absolute atomic E-state index is 0.0751. The highest BCUT2D eigenvalue weighted by atomic mass is 19.4. The van der Waals surface area contributed by atoms with Crippen molar-refractivity contribution in [3.8, 4) is 11.1 Å². The van der Waals surface area contributed by atoms with Crippen molar-refractivity contribution in [2.45, 2.75) is 38.8 Å². The minimum atomic E-state index is -5.08. The molecule has 3 aromatic heterocycles. The molecule has 10 nitrogen and oxygen atoms in total. The molecule has 4 aromatic rings. The molecule has 1 saturated heterocycles. The fourth-order valence-corrected chi connectivity index (χ4v) is 4.29. The number of benzene rings is 1. The summed E-state index contributed by atoms with van der Waals surface area (Å²) in [5, 5.41) is 23.1. The fraction of sp³-hybridized carbons (Fsp3) is 0.321. The van der Waals surface area contributed by atoms with Gasteiger partial charge in [0, 0.05) is 43.8 Å². The van der Waals surface area contributed by atoms with Gasteiger partial charge in [-0.15, -0.1) is 5.10 Å². The molecule has 0 amide bonds. The predicted molar refractivity (Wildman–Crippen MR) is 143 cm³/mol. The van der Waals surface area contributed by atoms with E-state index >= 15 is 0 Å². The molecular formula is C28H27F6N5O5. The van der Waals surface area contributed by atoms with Crippen molar-refractivity contribution >= 4 is 17.5 Å². The first kappa shape index (κ1) is 33.9. The van der Waals surface area contributed by atoms with Gasteiger partial charge in [0.25, 0.3) is 0 Å². The van der Waals surface area contributed by atoms with E-state index in [9.17, 15) is 26.3 Å². The van der Waals surface area contributed by atoms with Crippen molar-refractivity contribution in [3.63, 3.8) is 0 Å². The van der Waals surface area contributed by atoms with Crippen molar-refractivity contribution in [2.24, 2.45) is 0 Å². The first-order valence-corrected chi connectivity index (χ1v) is 12.8. The highest BCUT2D eigenvalue weighted by Crippen LogP contribution is 2.27. The van der Waals surface area contributed by atoms with Crippen LogP contribution in [-0.4, -0.2) is 78.9 Å². The summed E-state index contributed by atoms with van der Waals surface area (Å²) in [6.07, 6.45) is -4.63. The number of hydrogen-bond acceptors (Lipinski definition) is 7. The molecule has 0 radical (unpaired) electrons. The van der Waals surface area contributed by atoms with E-state index in [1.165, 1.54) is 16.7 Å². The summed E-state index contributed by atoms with van der Waals surface area (Å²) in [4.78, 5) is 24.3. The Balaban J connectivity index is 0.000000317. The minimum Gasteiger partial charge on any atom is -0.475 e. The van der Waals surface area contributed by atoms with Crippen LogP contribution >= 0.6 is 0 Å². The number of carboxylic acid groups (broad SMARTS) is 2. The monoisotopic (exact) mass is 627 g/mol. The summed E-state index contributed by atoms with van der Waals surface area (Å²) < 4.78 is 71.4. The number of fused-ring (bicyclic) bond motifs is 1. The molecule has 1 atom stereocenters. The Morgan fingerprint density at radius 2 is 1.48 bits per heavy atom. The smallest absolute Gasteiger partial charge is 0.475 e. The highest BCUT2D eigenvalue weighted by molar-refractivity contribution is 5.73. The van der Waals surface area contributed by atoms with E-state index in [0.717, 1.165) is 42.0 Å². The number of hydrogen-bond donors (Lipinski definition) is 2. The third-order valence-corrected chi connectivity index (χ3v) is 6.08. The molecule has 16 heteroatoms. The second-order valence-corrected chi connectivity index (χ2v) is 9.65. The standard InChI is InChI=1S/C24H25N5O.2C2HF3O2/c1-17-11-18(2)13-19(12-17)14-28-9-10-30-23(16-28)24-22-4-3-21(15-29(22)27-26-24)20-5-7-25-8-6-20;2*3-2(4,5)1(6)7/h3-8,11-13,15,23H,9-10,14,16H2,1-2H3;2*(H,6,7). The Bertz CT molecular complexity index is 1530. The molecule has 0 bridgehead atoms. The second-order valence-electron chi connectivity index (χ2n) is 9.65. The van der Waals surface area contributed by atoms with E-state index < -0.39 is 24.3 Å². The van der Waals surface area contributed by atoms with Gasteiger partial charge in [-0.2, -0.15) is 26.3 Å². The second kappa shape index (κ2) is 14.3. The number of aliphatic carboxylic acids is 2. The van der Waals surface area contributed by atoms with Crippen molar-refractivity contribution in [1.29, 1.82) is 0 Å². The summed E-state index contributed by atoms with van der Waals surface area (Å²) in [5.74, 6) is -5.51. The number of nitrogens with zero attached hydrogens (tertiary/aromatic N) is 5. The first-order valence-electron chi connectivity index (χ1n) is 12.8. The van der Waals surface area contributed by atoms with Crippen LogP contribution in [0, 0.1) is 13.8 Å². The number of aromatic nitrogens is 4. The van der Waals surface area contributed by atoms with Crippen LogP contribution in [0.25, 0.3) is 16.6 Å². The van der Waals surface area contributed by atoms with E-state index in [4.69, 9.17) is 24.5 Å². The average molecular weight is 628 g/mol. The van der Waals surface area contributed by atoms with Crippen molar-refractivity contribution in [2.75, 3.05) is 19.7 Å². The highest BCUT2D eigenvalue weighted by Gasteiger charge is 2.38. The van der Waals surface area contributed by atoms with Gasteiger partial charge in [-0.25, -0.2) is 14.1 Å². The molecular weight excluding hydrogens is 600 g/mol. The molecule has 44 heavy (non-hydrogen) atoms. The predicted octanol–water partition coefficient (Wildman–Crippen LogP) is 5.25. The van der Waals surface area contributed by atoms with Gasteiger partial charge in [0.2, 0.25) is 0 Å². The number of rotatable bonds is 4. The molecule has 1 aliphatic rings. The number of carboxylic acids is 2. The largest absolute Gasteiger partial charge is 0.490 e. The Kier molecular flexibility index (Phi) is 11.0. The zero-order valence-corrected chi connectivity index (χ0v) is 23.3. The quantitative estimate of drug-likeness (QED) is 0.292. The van der Waals surface area contributed by atoms with Crippen LogP contribution in [0.3, 0.4) is 0 Å². The van der Waals surface area contributed by atoms with E-state index in [1.807, 2.05) is 22.8 Å². The number of carbonyl (C=O) groups is 2. The van der Waals surface area contributed by atoms with Gasteiger partial charge in [-0.05, 0) is 43.2 Å². The van der Waals surface area contributed by atoms with Crippen LogP contribution < -0.4 is 0 Å². The molecule has 0 saturated carbocycles. The lowest BCUT2D eigenvalue weighted by Crippen LogP contribution is -2.38. The third kappa shape index (κ3) is 9.74. The summed E-state index contributed by atoms with van der Waals surface area (Å²) in [6, 6.07) is 14.9. The Labute approximate surface area is 246 Å². The zero-order valence-electron chi connectivity index (χ0n) is 23.3. The molecule has 5 rings (SSSR count). The fourth-order valence-electron chi connectivity index (χ4n) is 4.29. The van der Waals surface area contributed by atoms with Crippen LogP contribution in [0.15, 0.2) is 61.1 Å². The van der Waals surface area contributed by atoms with Crippen LogP contribution in [0.4, 0.5) is 26.3 Å². The number of alkyl halides is 6. The Hall–Kier alpha value is -4.57. The van der Waals surface area contributed by atoms with Crippen molar-refractivity contribution in [3.05, 3.63) is 83.4 Å². The van der Waals surface area contributed by atoms with E-state index in [-0.39, 0.29) is 6.10 Å². The summed E-state index contributed by atoms with van der Waals surface area (Å²) in [7, 11) is 0. The lowest BCUT2D eigenvalue weighted by Gasteiger charge is -2.32. The number of aryl methyl sites for hydroxylation is 2. The first-order chi connectivity index (χ1) is 20.5. The molecule has 236 valence electrons. The van der Waals surface area contributed by atoms with Crippen molar-refractivity contribution < 1.29 is 50.9 Å². The summed E-state index contributed by atoms with van der Waals surface area (Å²) in [5.41, 5.74) is 8.06. The topological polar surface area (TPSA) is 130 Å². The molecule has 0 aliphatic carbocycles. The number of morpholine rings is 1. The average Bonchev–Trinajstić information content (AvgIpc) is 3.36. The van der Waals surface area contributed by atoms with E-state index in [0.29, 0.717) is 6.61 Å². The molecule has 1 fully saturated rings. The Morgan fingerprint density at radius 1 is 0.909 bits per heavy atom. The van der Waals surface area contributed by atoms with Crippen LogP contribution in [0.5, 0.6) is 0 Å². The van der Waals surface area contributed by atoms with Gasteiger partial charge in [-0.1, -0.05) is 40.6 Å². The lowest BCUT2D eigenvalue weighted by molar-refractivity contribution is -0.193. The molecule has 0 spiro atoms.